The van der Waals surface area contributed by atoms with Gasteiger partial charge < -0.3 is 10.2 Å². The summed E-state index contributed by atoms with van der Waals surface area (Å²) in [5.74, 6) is -2.70. The summed E-state index contributed by atoms with van der Waals surface area (Å²) in [6, 6.07) is 9.58. The number of anilines is 1. The minimum Gasteiger partial charge on any atom is -0.478 e. The predicted molar refractivity (Wildman–Crippen MR) is 105 cm³/mol. The molecule has 0 bridgehead atoms. The van der Waals surface area contributed by atoms with Crippen LogP contribution in [-0.4, -0.2) is 30.6 Å². The normalized spacial score (nSPS) is 11.2. The molecule has 0 heterocycles. The lowest BCUT2D eigenvalue weighted by atomic mass is 10.1. The number of rotatable bonds is 10. The van der Waals surface area contributed by atoms with Crippen LogP contribution in [0, 0.1) is 0 Å². The minimum absolute atomic E-state index is 0.0161. The number of carbonyl (C=O) groups is 2. The van der Waals surface area contributed by atoms with Gasteiger partial charge in [0.2, 0.25) is 0 Å². The number of hydrogen-bond acceptors (Lipinski definition) is 4. The number of carboxylic acids is 2. The lowest BCUT2D eigenvalue weighted by Crippen LogP contribution is -2.14. The van der Waals surface area contributed by atoms with Crippen LogP contribution >= 0.6 is 0 Å². The summed E-state index contributed by atoms with van der Waals surface area (Å²) in [6.07, 6.45) is 5.36. The van der Waals surface area contributed by atoms with E-state index in [0.29, 0.717) is 0 Å². The monoisotopic (exact) mass is 405 g/mol. The van der Waals surface area contributed by atoms with E-state index in [1.165, 1.54) is 18.6 Å². The Bertz CT molecular complexity index is 919. The largest absolute Gasteiger partial charge is 0.478 e. The van der Waals surface area contributed by atoms with Crippen molar-refractivity contribution < 1.29 is 28.2 Å². The molecule has 2 aromatic carbocycles. The van der Waals surface area contributed by atoms with Crippen molar-refractivity contribution in [1.82, 2.24) is 0 Å². The van der Waals surface area contributed by atoms with Crippen LogP contribution in [0.5, 0.6) is 0 Å². The van der Waals surface area contributed by atoms with Crippen molar-refractivity contribution in [2.75, 3.05) is 4.72 Å². The Morgan fingerprint density at radius 2 is 1.46 bits per heavy atom. The molecule has 0 spiro atoms. The smallest absolute Gasteiger partial charge is 0.335 e. The quantitative estimate of drug-likeness (QED) is 0.514. The molecule has 150 valence electrons. The molecule has 3 N–H and O–H groups in total. The van der Waals surface area contributed by atoms with Gasteiger partial charge in [0.25, 0.3) is 10.0 Å². The Hall–Kier alpha value is -2.87. The Labute approximate surface area is 164 Å². The van der Waals surface area contributed by atoms with Crippen molar-refractivity contribution in [2.24, 2.45) is 0 Å². The van der Waals surface area contributed by atoms with Crippen molar-refractivity contribution in [3.05, 3.63) is 59.2 Å². The first-order valence-electron chi connectivity index (χ1n) is 8.96. The van der Waals surface area contributed by atoms with Crippen LogP contribution in [0.2, 0.25) is 0 Å². The van der Waals surface area contributed by atoms with Gasteiger partial charge in [0.15, 0.2) is 0 Å². The fourth-order valence-corrected chi connectivity index (χ4v) is 3.78. The zero-order chi connectivity index (χ0) is 20.7. The number of sulfonamides is 1. The van der Waals surface area contributed by atoms with Crippen LogP contribution in [-0.2, 0) is 16.4 Å². The van der Waals surface area contributed by atoms with Crippen molar-refractivity contribution in [2.45, 2.75) is 43.9 Å². The third-order valence-corrected chi connectivity index (χ3v) is 5.63. The van der Waals surface area contributed by atoms with Crippen LogP contribution in [0.25, 0.3) is 0 Å². The predicted octanol–water partition coefficient (Wildman–Crippen LogP) is 4.01. The summed E-state index contributed by atoms with van der Waals surface area (Å²) >= 11 is 0. The highest BCUT2D eigenvalue weighted by molar-refractivity contribution is 7.92. The molecule has 0 unspecified atom stereocenters. The van der Waals surface area contributed by atoms with E-state index in [9.17, 15) is 18.0 Å². The maximum atomic E-state index is 12.6. The number of benzene rings is 2. The Balaban J connectivity index is 2.19. The van der Waals surface area contributed by atoms with E-state index < -0.39 is 22.0 Å². The molecular formula is C20H23NO6S. The molecule has 28 heavy (non-hydrogen) atoms. The molecule has 0 saturated heterocycles. The van der Waals surface area contributed by atoms with E-state index in [1.807, 2.05) is 0 Å². The topological polar surface area (TPSA) is 121 Å². The van der Waals surface area contributed by atoms with Crippen LogP contribution < -0.4 is 4.72 Å². The number of carboxylic acid groups (broad SMARTS) is 2. The molecule has 0 aliphatic carbocycles. The summed E-state index contributed by atoms with van der Waals surface area (Å²) in [7, 11) is -3.98. The summed E-state index contributed by atoms with van der Waals surface area (Å²) < 4.78 is 27.4. The van der Waals surface area contributed by atoms with Gasteiger partial charge in [0, 0.05) is 0 Å². The molecule has 2 rings (SSSR count). The fraction of sp³-hybridized carbons (Fsp3) is 0.300. The van der Waals surface area contributed by atoms with Crippen LogP contribution in [0.15, 0.2) is 47.4 Å². The number of nitrogens with one attached hydrogen (secondary N) is 1. The molecule has 0 radical (unpaired) electrons. The van der Waals surface area contributed by atoms with Gasteiger partial charge in [0.05, 0.1) is 21.7 Å². The van der Waals surface area contributed by atoms with Crippen LogP contribution in [0.1, 0.15) is 58.9 Å². The molecule has 0 saturated carbocycles. The molecule has 0 aliphatic rings. The summed E-state index contributed by atoms with van der Waals surface area (Å²) in [5, 5.41) is 18.2. The number of unbranched alkanes of at least 4 members (excludes halogenated alkanes) is 3. The zero-order valence-corrected chi connectivity index (χ0v) is 16.3. The maximum absolute atomic E-state index is 12.6. The lowest BCUT2D eigenvalue weighted by molar-refractivity contribution is 0.0696. The molecule has 7 nitrogen and oxygen atoms in total. The van der Waals surface area contributed by atoms with Gasteiger partial charge in [-0.15, -0.1) is 0 Å². The number of aromatic carboxylic acids is 2. The highest BCUT2D eigenvalue weighted by Crippen LogP contribution is 2.21. The SMILES string of the molecule is CCCCCCc1ccc(S(=O)(=O)Nc2cc(C(=O)O)cc(C(=O)O)c2)cc1. The molecule has 0 atom stereocenters. The first kappa shape index (κ1) is 21.4. The van der Waals surface area contributed by atoms with Gasteiger partial charge in [-0.3, -0.25) is 4.72 Å². The molecule has 8 heteroatoms. The molecule has 0 fully saturated rings. The third kappa shape index (κ3) is 5.82. The number of aryl methyl sites for hydroxylation is 1. The average molecular weight is 405 g/mol. The van der Waals surface area contributed by atoms with Crippen molar-refractivity contribution in [3.8, 4) is 0 Å². The Morgan fingerprint density at radius 3 is 1.96 bits per heavy atom. The summed E-state index contributed by atoms with van der Waals surface area (Å²) in [4.78, 5) is 22.3. The van der Waals surface area contributed by atoms with Gasteiger partial charge in [-0.2, -0.15) is 0 Å². The molecule has 0 aromatic heterocycles. The Morgan fingerprint density at radius 1 is 0.893 bits per heavy atom. The van der Waals surface area contributed by atoms with E-state index >= 15 is 0 Å². The molecule has 2 aromatic rings. The van der Waals surface area contributed by atoms with Gasteiger partial charge >= 0.3 is 11.9 Å². The van der Waals surface area contributed by atoms with E-state index in [2.05, 4.69) is 11.6 Å². The van der Waals surface area contributed by atoms with E-state index in [-0.39, 0.29) is 21.7 Å². The van der Waals surface area contributed by atoms with Crippen molar-refractivity contribution in [1.29, 1.82) is 0 Å². The highest BCUT2D eigenvalue weighted by Gasteiger charge is 2.17. The molecule has 0 amide bonds. The average Bonchev–Trinajstić information content (AvgIpc) is 2.65. The zero-order valence-electron chi connectivity index (χ0n) is 15.5. The minimum atomic E-state index is -3.98. The van der Waals surface area contributed by atoms with Crippen LogP contribution in [0.3, 0.4) is 0 Å². The fourth-order valence-electron chi connectivity index (χ4n) is 2.74. The van der Waals surface area contributed by atoms with Gasteiger partial charge in [-0.05, 0) is 48.7 Å². The second-order valence-corrected chi connectivity index (χ2v) is 8.15. The lowest BCUT2D eigenvalue weighted by Gasteiger charge is -2.10. The van der Waals surface area contributed by atoms with Crippen molar-refractivity contribution >= 4 is 27.6 Å². The van der Waals surface area contributed by atoms with Crippen molar-refractivity contribution in [3.63, 3.8) is 0 Å². The second kappa shape index (κ2) is 9.36. The van der Waals surface area contributed by atoms with Gasteiger partial charge in [-0.1, -0.05) is 38.3 Å². The summed E-state index contributed by atoms with van der Waals surface area (Å²) in [6.45, 7) is 2.14. The van der Waals surface area contributed by atoms with Gasteiger partial charge in [-0.25, -0.2) is 18.0 Å². The van der Waals surface area contributed by atoms with Gasteiger partial charge in [0.1, 0.15) is 0 Å². The standard InChI is InChI=1S/C20H23NO6S/c1-2-3-4-5-6-14-7-9-18(10-8-14)28(26,27)21-17-12-15(19(22)23)11-16(13-17)20(24)25/h7-13,21H,2-6H2,1H3,(H,22,23)(H,24,25). The Kier molecular flexibility index (Phi) is 7.17. The highest BCUT2D eigenvalue weighted by atomic mass is 32.2. The third-order valence-electron chi connectivity index (χ3n) is 4.23. The maximum Gasteiger partial charge on any atom is 0.335 e. The first-order chi connectivity index (χ1) is 13.2. The molecule has 0 aliphatic heterocycles. The molecular weight excluding hydrogens is 382 g/mol. The number of hydrogen-bond donors (Lipinski definition) is 3. The van der Waals surface area contributed by atoms with E-state index in [0.717, 1.165) is 49.4 Å². The van der Waals surface area contributed by atoms with Crippen LogP contribution in [0.4, 0.5) is 5.69 Å². The first-order valence-corrected chi connectivity index (χ1v) is 10.4. The summed E-state index contributed by atoms with van der Waals surface area (Å²) in [5.41, 5.74) is 0.275. The second-order valence-electron chi connectivity index (χ2n) is 6.47. The van der Waals surface area contributed by atoms with E-state index in [1.54, 1.807) is 12.1 Å². The van der Waals surface area contributed by atoms with E-state index in [4.69, 9.17) is 10.2 Å².